The number of nitrogens with two attached hydrogens (primary N) is 1. The third-order valence-electron chi connectivity index (χ3n) is 1.43. The number of rotatable bonds is 1. The van der Waals surface area contributed by atoms with Crippen LogP contribution in [-0.4, -0.2) is 16.1 Å². The molecule has 1 amide bonds. The SMILES string of the molecule is NC(=O)c1cc(O)c(Br)c(Br)c1O. The van der Waals surface area contributed by atoms with E-state index in [2.05, 4.69) is 31.9 Å². The van der Waals surface area contributed by atoms with Crippen molar-refractivity contribution in [2.24, 2.45) is 5.73 Å². The summed E-state index contributed by atoms with van der Waals surface area (Å²) in [5.41, 5.74) is 4.82. The number of phenols is 2. The van der Waals surface area contributed by atoms with Gasteiger partial charge < -0.3 is 15.9 Å². The van der Waals surface area contributed by atoms with Crippen molar-refractivity contribution >= 4 is 37.8 Å². The molecule has 0 atom stereocenters. The first kappa shape index (κ1) is 10.3. The zero-order chi connectivity index (χ0) is 10.2. The topological polar surface area (TPSA) is 83.6 Å². The highest BCUT2D eigenvalue weighted by atomic mass is 79.9. The van der Waals surface area contributed by atoms with Gasteiger partial charge in [0.25, 0.3) is 5.91 Å². The minimum atomic E-state index is -0.805. The van der Waals surface area contributed by atoms with Crippen molar-refractivity contribution in [3.63, 3.8) is 0 Å². The fraction of sp³-hybridized carbons (Fsp3) is 0. The number of hydrogen-bond donors (Lipinski definition) is 3. The smallest absolute Gasteiger partial charge is 0.252 e. The molecule has 1 aromatic rings. The summed E-state index contributed by atoms with van der Waals surface area (Å²) < 4.78 is 0.469. The Hall–Kier alpha value is -0.750. The molecule has 0 aliphatic rings. The first-order valence-corrected chi connectivity index (χ1v) is 4.73. The Morgan fingerprint density at radius 3 is 2.31 bits per heavy atom. The molecule has 13 heavy (non-hydrogen) atoms. The first-order chi connectivity index (χ1) is 5.95. The monoisotopic (exact) mass is 309 g/mol. The van der Waals surface area contributed by atoms with E-state index in [0.717, 1.165) is 6.07 Å². The molecule has 0 aliphatic heterocycles. The number of carbonyl (C=O) groups is 1. The number of hydrogen-bond acceptors (Lipinski definition) is 3. The summed E-state index contributed by atoms with van der Waals surface area (Å²) >= 11 is 5.99. The van der Waals surface area contributed by atoms with Crippen molar-refractivity contribution in [3.05, 3.63) is 20.6 Å². The van der Waals surface area contributed by atoms with Crippen LogP contribution in [0.5, 0.6) is 11.5 Å². The van der Waals surface area contributed by atoms with E-state index in [9.17, 15) is 15.0 Å². The molecule has 70 valence electrons. The van der Waals surface area contributed by atoms with E-state index in [-0.39, 0.29) is 26.0 Å². The van der Waals surface area contributed by atoms with E-state index in [1.807, 2.05) is 0 Å². The van der Waals surface area contributed by atoms with Gasteiger partial charge in [-0.1, -0.05) is 0 Å². The first-order valence-electron chi connectivity index (χ1n) is 3.15. The average Bonchev–Trinajstić information content (AvgIpc) is 2.07. The lowest BCUT2D eigenvalue weighted by molar-refractivity contribution is 0.0997. The Morgan fingerprint density at radius 2 is 1.85 bits per heavy atom. The highest BCUT2D eigenvalue weighted by molar-refractivity contribution is 9.13. The molecule has 0 aliphatic carbocycles. The van der Waals surface area contributed by atoms with Crippen molar-refractivity contribution in [1.29, 1.82) is 0 Å². The predicted molar refractivity (Wildman–Crippen MR) is 53.7 cm³/mol. The van der Waals surface area contributed by atoms with E-state index >= 15 is 0 Å². The molecular weight excluding hydrogens is 306 g/mol. The van der Waals surface area contributed by atoms with Crippen LogP contribution < -0.4 is 5.73 Å². The molecule has 0 radical (unpaired) electrons. The number of primary amides is 1. The van der Waals surface area contributed by atoms with Crippen LogP contribution in [0, 0.1) is 0 Å². The second-order valence-electron chi connectivity index (χ2n) is 2.28. The summed E-state index contributed by atoms with van der Waals surface area (Å²) in [7, 11) is 0. The Kier molecular flexibility index (Phi) is 2.82. The van der Waals surface area contributed by atoms with Gasteiger partial charge in [-0.3, -0.25) is 4.79 Å². The van der Waals surface area contributed by atoms with Crippen LogP contribution in [0.2, 0.25) is 0 Å². The molecular formula is C7H5Br2NO3. The highest BCUT2D eigenvalue weighted by Gasteiger charge is 2.16. The van der Waals surface area contributed by atoms with E-state index in [1.54, 1.807) is 0 Å². The maximum atomic E-state index is 10.8. The minimum Gasteiger partial charge on any atom is -0.507 e. The third-order valence-corrected chi connectivity index (χ3v) is 3.53. The van der Waals surface area contributed by atoms with Crippen molar-refractivity contribution in [1.82, 2.24) is 0 Å². The van der Waals surface area contributed by atoms with Gasteiger partial charge in [0.05, 0.1) is 14.5 Å². The molecule has 0 unspecified atom stereocenters. The minimum absolute atomic E-state index is 0.132. The predicted octanol–water partition coefficient (Wildman–Crippen LogP) is 1.72. The van der Waals surface area contributed by atoms with Gasteiger partial charge in [0.15, 0.2) is 0 Å². The van der Waals surface area contributed by atoms with Crippen molar-refractivity contribution in [2.75, 3.05) is 0 Å². The second kappa shape index (κ2) is 3.55. The maximum absolute atomic E-state index is 10.8. The molecule has 0 saturated heterocycles. The summed E-state index contributed by atoms with van der Waals surface area (Å²) in [6, 6.07) is 1.09. The highest BCUT2D eigenvalue weighted by Crippen LogP contribution is 2.40. The lowest BCUT2D eigenvalue weighted by atomic mass is 10.2. The van der Waals surface area contributed by atoms with Crippen molar-refractivity contribution in [3.8, 4) is 11.5 Å². The quantitative estimate of drug-likeness (QED) is 0.691. The number of amides is 1. The summed E-state index contributed by atoms with van der Waals surface area (Å²) in [5, 5.41) is 18.6. The summed E-state index contributed by atoms with van der Waals surface area (Å²) in [5.74, 6) is -1.27. The van der Waals surface area contributed by atoms with Gasteiger partial charge in [-0.2, -0.15) is 0 Å². The van der Waals surface area contributed by atoms with Crippen LogP contribution >= 0.6 is 31.9 Å². The number of carbonyl (C=O) groups excluding carboxylic acids is 1. The lowest BCUT2D eigenvalue weighted by Gasteiger charge is -2.06. The van der Waals surface area contributed by atoms with Crippen LogP contribution in [0.1, 0.15) is 10.4 Å². The Bertz CT molecular complexity index is 378. The molecule has 0 bridgehead atoms. The average molecular weight is 311 g/mol. The van der Waals surface area contributed by atoms with E-state index in [4.69, 9.17) is 5.73 Å². The molecule has 4 nitrogen and oxygen atoms in total. The molecule has 0 heterocycles. The normalized spacial score (nSPS) is 10.0. The van der Waals surface area contributed by atoms with Gasteiger partial charge in [-0.05, 0) is 37.9 Å². The number of benzene rings is 1. The largest absolute Gasteiger partial charge is 0.507 e. The fourth-order valence-corrected chi connectivity index (χ4v) is 1.51. The van der Waals surface area contributed by atoms with E-state index in [1.165, 1.54) is 0 Å². The Balaban J connectivity index is 3.50. The molecule has 0 spiro atoms. The summed E-state index contributed by atoms with van der Waals surface area (Å²) in [4.78, 5) is 10.8. The van der Waals surface area contributed by atoms with Crippen LogP contribution in [-0.2, 0) is 0 Å². The van der Waals surface area contributed by atoms with Gasteiger partial charge >= 0.3 is 0 Å². The number of phenolic OH excluding ortho intramolecular Hbond substituents is 1. The number of halogens is 2. The van der Waals surface area contributed by atoms with Gasteiger partial charge in [0.1, 0.15) is 11.5 Å². The van der Waals surface area contributed by atoms with Crippen molar-refractivity contribution < 1.29 is 15.0 Å². The Labute approximate surface area is 90.6 Å². The molecule has 0 saturated carbocycles. The van der Waals surface area contributed by atoms with Crippen LogP contribution in [0.15, 0.2) is 15.0 Å². The fourth-order valence-electron chi connectivity index (χ4n) is 0.791. The third kappa shape index (κ3) is 1.78. The lowest BCUT2D eigenvalue weighted by Crippen LogP contribution is -2.11. The van der Waals surface area contributed by atoms with E-state index in [0.29, 0.717) is 0 Å². The molecule has 1 rings (SSSR count). The van der Waals surface area contributed by atoms with Crippen LogP contribution in [0.3, 0.4) is 0 Å². The van der Waals surface area contributed by atoms with Gasteiger partial charge in [-0.15, -0.1) is 0 Å². The van der Waals surface area contributed by atoms with Gasteiger partial charge in [-0.25, -0.2) is 0 Å². The van der Waals surface area contributed by atoms with Gasteiger partial charge in [0.2, 0.25) is 0 Å². The maximum Gasteiger partial charge on any atom is 0.252 e. The zero-order valence-electron chi connectivity index (χ0n) is 6.21. The zero-order valence-corrected chi connectivity index (χ0v) is 9.39. The molecule has 0 fully saturated rings. The van der Waals surface area contributed by atoms with Crippen LogP contribution in [0.25, 0.3) is 0 Å². The Morgan fingerprint density at radius 1 is 1.31 bits per heavy atom. The molecule has 4 N–H and O–H groups in total. The second-order valence-corrected chi connectivity index (χ2v) is 3.87. The van der Waals surface area contributed by atoms with Crippen LogP contribution in [0.4, 0.5) is 0 Å². The molecule has 6 heteroatoms. The number of aromatic hydroxyl groups is 2. The van der Waals surface area contributed by atoms with E-state index < -0.39 is 5.91 Å². The molecule has 1 aromatic carbocycles. The summed E-state index contributed by atoms with van der Waals surface area (Å²) in [6.07, 6.45) is 0. The van der Waals surface area contributed by atoms with Gasteiger partial charge in [0, 0.05) is 0 Å². The van der Waals surface area contributed by atoms with Crippen molar-refractivity contribution in [2.45, 2.75) is 0 Å². The molecule has 0 aromatic heterocycles. The standard InChI is InChI=1S/C7H5Br2NO3/c8-4-3(11)1-2(7(10)13)6(12)5(4)9/h1,11-12H,(H2,10,13). The summed E-state index contributed by atoms with van der Waals surface area (Å²) in [6.45, 7) is 0.